The Morgan fingerprint density at radius 2 is 1.70 bits per heavy atom. The maximum absolute atomic E-state index is 13.1. The topological polar surface area (TPSA) is 94.5 Å². The van der Waals surface area contributed by atoms with E-state index in [0.29, 0.717) is 41.4 Å². The summed E-state index contributed by atoms with van der Waals surface area (Å²) >= 11 is 0. The van der Waals surface area contributed by atoms with Crippen LogP contribution in [0, 0.1) is 6.92 Å². The van der Waals surface area contributed by atoms with Crippen LogP contribution >= 0.6 is 0 Å². The maximum Gasteiger partial charge on any atom is 0.295 e. The molecule has 0 aromatic heterocycles. The summed E-state index contributed by atoms with van der Waals surface area (Å²) < 4.78 is 21.2. The van der Waals surface area contributed by atoms with Crippen molar-refractivity contribution in [3.63, 3.8) is 0 Å². The standard InChI is InChI=1S/C25H29NO7/c1-15-13-16(7-10-19(15)32-4)23(27)21-22(18-9-8-17(31-3)14-20(18)33-5)26(11-6-12-30-2)25(29)24(21)28/h7-10,13-14,22,27H,6,11-12H2,1-5H3/b23-21+/t22-/m0/s1. The molecule has 1 aliphatic rings. The van der Waals surface area contributed by atoms with Crippen molar-refractivity contribution in [2.45, 2.75) is 19.4 Å². The van der Waals surface area contributed by atoms with Crippen molar-refractivity contribution in [3.8, 4) is 17.2 Å². The Bertz CT molecular complexity index is 1080. The van der Waals surface area contributed by atoms with Crippen molar-refractivity contribution >= 4 is 17.4 Å². The highest BCUT2D eigenvalue weighted by molar-refractivity contribution is 6.46. The van der Waals surface area contributed by atoms with E-state index in [1.54, 1.807) is 50.6 Å². The van der Waals surface area contributed by atoms with E-state index in [1.807, 2.05) is 6.92 Å². The number of ether oxygens (including phenoxy) is 4. The molecule has 0 unspecified atom stereocenters. The number of ketones is 1. The number of aliphatic hydroxyl groups is 1. The molecule has 0 radical (unpaired) electrons. The van der Waals surface area contributed by atoms with Gasteiger partial charge in [-0.3, -0.25) is 9.59 Å². The first-order chi connectivity index (χ1) is 15.9. The van der Waals surface area contributed by atoms with Crippen LogP contribution in [0.4, 0.5) is 0 Å². The number of nitrogens with zero attached hydrogens (tertiary/aromatic N) is 1. The second kappa shape index (κ2) is 10.4. The number of methoxy groups -OCH3 is 4. The minimum absolute atomic E-state index is 0.00505. The summed E-state index contributed by atoms with van der Waals surface area (Å²) in [6.07, 6.45) is 0.528. The predicted molar refractivity (Wildman–Crippen MR) is 123 cm³/mol. The summed E-state index contributed by atoms with van der Waals surface area (Å²) in [6.45, 7) is 2.53. The molecule has 1 atom stereocenters. The second-order valence-electron chi connectivity index (χ2n) is 7.63. The zero-order valence-corrected chi connectivity index (χ0v) is 19.5. The number of hydrogen-bond donors (Lipinski definition) is 1. The molecule has 0 bridgehead atoms. The molecule has 3 rings (SSSR count). The lowest BCUT2D eigenvalue weighted by Crippen LogP contribution is -2.31. The molecule has 8 heteroatoms. The van der Waals surface area contributed by atoms with Crippen LogP contribution in [0.1, 0.15) is 29.2 Å². The van der Waals surface area contributed by atoms with Gasteiger partial charge in [0.1, 0.15) is 23.0 Å². The van der Waals surface area contributed by atoms with Gasteiger partial charge in [0.15, 0.2) is 0 Å². The highest BCUT2D eigenvalue weighted by Gasteiger charge is 2.46. The highest BCUT2D eigenvalue weighted by Crippen LogP contribution is 2.44. The lowest BCUT2D eigenvalue weighted by atomic mass is 9.94. The smallest absolute Gasteiger partial charge is 0.295 e. The maximum atomic E-state index is 13.1. The monoisotopic (exact) mass is 455 g/mol. The fourth-order valence-electron chi connectivity index (χ4n) is 4.04. The van der Waals surface area contributed by atoms with Gasteiger partial charge in [-0.25, -0.2) is 0 Å². The molecule has 8 nitrogen and oxygen atoms in total. The molecule has 0 aliphatic carbocycles. The average molecular weight is 456 g/mol. The number of benzene rings is 2. The Kier molecular flexibility index (Phi) is 7.60. The number of carbonyl (C=O) groups excluding carboxylic acids is 2. The predicted octanol–water partition coefficient (Wildman–Crippen LogP) is 3.48. The van der Waals surface area contributed by atoms with Crippen LogP contribution in [-0.2, 0) is 14.3 Å². The summed E-state index contributed by atoms with van der Waals surface area (Å²) in [5, 5.41) is 11.2. The van der Waals surface area contributed by atoms with Crippen LogP contribution in [0.15, 0.2) is 42.0 Å². The van der Waals surface area contributed by atoms with E-state index in [-0.39, 0.29) is 17.9 Å². The van der Waals surface area contributed by atoms with Gasteiger partial charge in [0.2, 0.25) is 0 Å². The first-order valence-electron chi connectivity index (χ1n) is 10.5. The van der Waals surface area contributed by atoms with Gasteiger partial charge < -0.3 is 29.0 Å². The molecule has 1 aliphatic heterocycles. The second-order valence-corrected chi connectivity index (χ2v) is 7.63. The number of hydrogen-bond acceptors (Lipinski definition) is 7. The van der Waals surface area contributed by atoms with E-state index < -0.39 is 17.7 Å². The molecule has 1 amide bonds. The summed E-state index contributed by atoms with van der Waals surface area (Å²) in [5.41, 5.74) is 1.78. The number of likely N-dealkylation sites (tertiary alicyclic amines) is 1. The lowest BCUT2D eigenvalue weighted by molar-refractivity contribution is -0.140. The third-order valence-corrected chi connectivity index (χ3v) is 5.69. The molecule has 0 spiro atoms. The summed E-state index contributed by atoms with van der Waals surface area (Å²) in [7, 11) is 6.17. The third-order valence-electron chi connectivity index (χ3n) is 5.69. The van der Waals surface area contributed by atoms with Gasteiger partial charge >= 0.3 is 0 Å². The van der Waals surface area contributed by atoms with Gasteiger partial charge in [-0.1, -0.05) is 0 Å². The van der Waals surface area contributed by atoms with Crippen molar-refractivity contribution in [2.75, 3.05) is 41.6 Å². The molecule has 176 valence electrons. The van der Waals surface area contributed by atoms with Crippen molar-refractivity contribution < 1.29 is 33.6 Å². The van der Waals surface area contributed by atoms with Crippen LogP contribution in [0.25, 0.3) is 5.76 Å². The van der Waals surface area contributed by atoms with Gasteiger partial charge in [0, 0.05) is 37.5 Å². The number of rotatable bonds is 9. The zero-order valence-electron chi connectivity index (χ0n) is 19.5. The van der Waals surface area contributed by atoms with E-state index >= 15 is 0 Å². The van der Waals surface area contributed by atoms with Gasteiger partial charge in [-0.05, 0) is 49.2 Å². The number of aryl methyl sites for hydroxylation is 1. The van der Waals surface area contributed by atoms with Crippen molar-refractivity contribution in [2.24, 2.45) is 0 Å². The molecule has 1 fully saturated rings. The Hall–Kier alpha value is -3.52. The molecule has 1 heterocycles. The summed E-state index contributed by atoms with van der Waals surface area (Å²) in [5.74, 6) is -0.0225. The quantitative estimate of drug-likeness (QED) is 0.268. The number of amides is 1. The number of carbonyl (C=O) groups is 2. The summed E-state index contributed by atoms with van der Waals surface area (Å²) in [4.78, 5) is 27.6. The molecule has 1 saturated heterocycles. The van der Waals surface area contributed by atoms with Crippen LogP contribution < -0.4 is 14.2 Å². The highest BCUT2D eigenvalue weighted by atomic mass is 16.5. The molecule has 0 saturated carbocycles. The molecular weight excluding hydrogens is 426 g/mol. The fourth-order valence-corrected chi connectivity index (χ4v) is 4.04. The van der Waals surface area contributed by atoms with E-state index in [2.05, 4.69) is 0 Å². The van der Waals surface area contributed by atoms with Crippen molar-refractivity contribution in [1.29, 1.82) is 0 Å². The Morgan fingerprint density at radius 3 is 2.30 bits per heavy atom. The Labute approximate surface area is 193 Å². The van der Waals surface area contributed by atoms with Gasteiger partial charge in [0.05, 0.1) is 32.9 Å². The van der Waals surface area contributed by atoms with Crippen molar-refractivity contribution in [1.82, 2.24) is 4.90 Å². The molecule has 2 aromatic rings. The third kappa shape index (κ3) is 4.66. The van der Waals surface area contributed by atoms with Crippen LogP contribution in [0.5, 0.6) is 17.2 Å². The van der Waals surface area contributed by atoms with Crippen LogP contribution in [0.2, 0.25) is 0 Å². The van der Waals surface area contributed by atoms with E-state index in [0.717, 1.165) is 5.56 Å². The van der Waals surface area contributed by atoms with Gasteiger partial charge in [0.25, 0.3) is 11.7 Å². The zero-order chi connectivity index (χ0) is 24.1. The molecule has 33 heavy (non-hydrogen) atoms. The SMILES string of the molecule is COCCCN1C(=O)C(=O)/C(=C(/O)c2ccc(OC)c(C)c2)[C@@H]1c1ccc(OC)cc1OC. The van der Waals surface area contributed by atoms with E-state index in [9.17, 15) is 14.7 Å². The Balaban J connectivity index is 2.20. The minimum atomic E-state index is -0.829. The molecule has 1 N–H and O–H groups in total. The van der Waals surface area contributed by atoms with Crippen LogP contribution in [0.3, 0.4) is 0 Å². The Morgan fingerprint density at radius 1 is 0.970 bits per heavy atom. The first kappa shape index (κ1) is 24.1. The van der Waals surface area contributed by atoms with Crippen LogP contribution in [-0.4, -0.2) is 63.3 Å². The fraction of sp³-hybridized carbons (Fsp3) is 0.360. The average Bonchev–Trinajstić information content (AvgIpc) is 3.08. The largest absolute Gasteiger partial charge is 0.507 e. The van der Waals surface area contributed by atoms with Crippen molar-refractivity contribution in [3.05, 3.63) is 58.7 Å². The number of aliphatic hydroxyl groups excluding tert-OH is 1. The van der Waals surface area contributed by atoms with Gasteiger partial charge in [-0.2, -0.15) is 0 Å². The normalized spacial score (nSPS) is 17.4. The summed E-state index contributed by atoms with van der Waals surface area (Å²) in [6, 6.07) is 9.40. The first-order valence-corrected chi connectivity index (χ1v) is 10.5. The lowest BCUT2D eigenvalue weighted by Gasteiger charge is -2.26. The van der Waals surface area contributed by atoms with E-state index in [4.69, 9.17) is 18.9 Å². The molecular formula is C25H29NO7. The van der Waals surface area contributed by atoms with Gasteiger partial charge in [-0.15, -0.1) is 0 Å². The number of Topliss-reactive ketones (excluding diaryl/α,β-unsaturated/α-hetero) is 1. The molecule has 2 aromatic carbocycles. The van der Waals surface area contributed by atoms with E-state index in [1.165, 1.54) is 19.1 Å². The minimum Gasteiger partial charge on any atom is -0.507 e.